The van der Waals surface area contributed by atoms with E-state index in [1.165, 1.54) is 4.90 Å². The molecule has 6 rings (SSSR count). The summed E-state index contributed by atoms with van der Waals surface area (Å²) in [6.45, 7) is 1.79. The fourth-order valence-electron chi connectivity index (χ4n) is 6.79. The van der Waals surface area contributed by atoms with Gasteiger partial charge in [-0.3, -0.25) is 14.4 Å². The first-order valence-corrected chi connectivity index (χ1v) is 13.5. The van der Waals surface area contributed by atoms with E-state index in [2.05, 4.69) is 0 Å². The lowest BCUT2D eigenvalue weighted by molar-refractivity contribution is -0.160. The molecule has 6 atom stereocenters. The Kier molecular flexibility index (Phi) is 6.51. The average Bonchev–Trinajstić information content (AvgIpc) is 3.28. The molecular formula is C31H32N2O7. The van der Waals surface area contributed by atoms with Gasteiger partial charge in [0, 0.05) is 12.2 Å². The Balaban J connectivity index is 1.52. The van der Waals surface area contributed by atoms with Crippen LogP contribution in [0.4, 0.5) is 5.69 Å². The number of carbonyl (C=O) groups is 3. The fraction of sp³-hybridized carbons (Fsp3) is 0.387. The summed E-state index contributed by atoms with van der Waals surface area (Å²) < 4.78 is 17.6. The number of methoxy groups -OCH3 is 1. The summed E-state index contributed by atoms with van der Waals surface area (Å²) in [6.07, 6.45) is 7.84. The number of amides is 2. The molecule has 1 unspecified atom stereocenters. The molecule has 0 aromatic heterocycles. The number of hydrogen-bond donors (Lipinski definition) is 1. The highest BCUT2D eigenvalue weighted by Gasteiger charge is 2.75. The molecule has 9 nitrogen and oxygen atoms in total. The van der Waals surface area contributed by atoms with Crippen LogP contribution in [0.5, 0.6) is 5.75 Å². The van der Waals surface area contributed by atoms with E-state index >= 15 is 0 Å². The van der Waals surface area contributed by atoms with Crippen molar-refractivity contribution in [2.75, 3.05) is 31.8 Å². The van der Waals surface area contributed by atoms with Crippen LogP contribution in [0, 0.1) is 11.8 Å². The zero-order chi connectivity index (χ0) is 28.1. The van der Waals surface area contributed by atoms with E-state index in [-0.39, 0.29) is 19.1 Å². The number of likely N-dealkylation sites (tertiary alicyclic amines) is 1. The van der Waals surface area contributed by atoms with E-state index < -0.39 is 53.6 Å². The monoisotopic (exact) mass is 544 g/mol. The standard InChI is InChI=1S/C31H32N2O7/c1-30-15-6-7-18-39-29(37)25(30)24-27(35)33(23(19-34)20-9-4-3-5-10-20)26-28(36)32(17-8-16-31(24,26)40-30)21-11-13-22(38-2)14-12-21/h3-6,8-16,23-26,34H,7,17-19H2,1-2H3/t23-,24+,25+,26?,30-,31+/m1/s1. The first-order chi connectivity index (χ1) is 19.3. The minimum atomic E-state index is -1.45. The number of aliphatic hydroxyl groups excluding tert-OH is 1. The SMILES string of the molecule is COc1ccc(N2CC=C[C@]34O[C@]5(C)C=CCCOC(=O)[C@@H]5[C@H]3C(=O)N([C@H](CO)c3ccccc3)C4C2=O)cc1. The molecule has 2 saturated heterocycles. The third-order valence-corrected chi connectivity index (χ3v) is 8.53. The molecule has 1 spiro atoms. The van der Waals surface area contributed by atoms with Crippen molar-refractivity contribution in [1.29, 1.82) is 0 Å². The second kappa shape index (κ2) is 9.91. The summed E-state index contributed by atoms with van der Waals surface area (Å²) >= 11 is 0. The van der Waals surface area contributed by atoms with E-state index in [1.54, 1.807) is 49.3 Å². The van der Waals surface area contributed by atoms with Crippen molar-refractivity contribution in [1.82, 2.24) is 4.90 Å². The number of anilines is 1. The number of benzene rings is 2. The van der Waals surface area contributed by atoms with Gasteiger partial charge in [0.15, 0.2) is 0 Å². The zero-order valence-corrected chi connectivity index (χ0v) is 22.4. The Morgan fingerprint density at radius 1 is 1.00 bits per heavy atom. The number of rotatable bonds is 5. The van der Waals surface area contributed by atoms with Crippen LogP contribution in [-0.4, -0.2) is 71.9 Å². The van der Waals surface area contributed by atoms with Crippen molar-refractivity contribution in [3.05, 3.63) is 84.5 Å². The Labute approximate surface area is 232 Å². The predicted molar refractivity (Wildman–Crippen MR) is 145 cm³/mol. The van der Waals surface area contributed by atoms with Crippen molar-refractivity contribution < 1.29 is 33.7 Å². The van der Waals surface area contributed by atoms with Crippen LogP contribution >= 0.6 is 0 Å². The van der Waals surface area contributed by atoms with Crippen LogP contribution < -0.4 is 9.64 Å². The highest BCUT2D eigenvalue weighted by atomic mass is 16.6. The van der Waals surface area contributed by atoms with Crippen LogP contribution in [0.2, 0.25) is 0 Å². The van der Waals surface area contributed by atoms with Crippen molar-refractivity contribution in [2.45, 2.75) is 36.6 Å². The lowest BCUT2D eigenvalue weighted by Crippen LogP contribution is -2.57. The van der Waals surface area contributed by atoms with E-state index in [4.69, 9.17) is 14.2 Å². The van der Waals surface area contributed by atoms with Crippen LogP contribution in [0.1, 0.15) is 24.9 Å². The molecular weight excluding hydrogens is 512 g/mol. The van der Waals surface area contributed by atoms with Gasteiger partial charge in [-0.1, -0.05) is 54.6 Å². The van der Waals surface area contributed by atoms with Gasteiger partial charge in [0.2, 0.25) is 5.91 Å². The minimum absolute atomic E-state index is 0.201. The number of carbonyl (C=O) groups excluding carboxylic acids is 3. The van der Waals surface area contributed by atoms with Gasteiger partial charge < -0.3 is 29.1 Å². The fourth-order valence-corrected chi connectivity index (χ4v) is 6.79. The topological polar surface area (TPSA) is 106 Å². The third-order valence-electron chi connectivity index (χ3n) is 8.53. The van der Waals surface area contributed by atoms with E-state index in [0.717, 1.165) is 0 Å². The molecule has 4 aliphatic rings. The van der Waals surface area contributed by atoms with Gasteiger partial charge in [-0.25, -0.2) is 0 Å². The van der Waals surface area contributed by atoms with Gasteiger partial charge in [-0.2, -0.15) is 0 Å². The maximum absolute atomic E-state index is 14.6. The van der Waals surface area contributed by atoms with Crippen LogP contribution in [0.3, 0.4) is 0 Å². The Morgan fingerprint density at radius 3 is 2.45 bits per heavy atom. The van der Waals surface area contributed by atoms with Crippen molar-refractivity contribution in [3.63, 3.8) is 0 Å². The highest BCUT2D eigenvalue weighted by Crippen LogP contribution is 2.58. The molecule has 0 bridgehead atoms. The molecule has 0 radical (unpaired) electrons. The molecule has 4 aliphatic heterocycles. The van der Waals surface area contributed by atoms with Crippen molar-refractivity contribution >= 4 is 23.5 Å². The zero-order valence-electron chi connectivity index (χ0n) is 22.4. The Hall–Kier alpha value is -3.95. The minimum Gasteiger partial charge on any atom is -0.497 e. The second-order valence-corrected chi connectivity index (χ2v) is 10.8. The van der Waals surface area contributed by atoms with Gasteiger partial charge in [0.05, 0.1) is 37.9 Å². The molecule has 0 saturated carbocycles. The smallest absolute Gasteiger partial charge is 0.313 e. The van der Waals surface area contributed by atoms with E-state index in [9.17, 15) is 19.5 Å². The first-order valence-electron chi connectivity index (χ1n) is 13.5. The highest BCUT2D eigenvalue weighted by molar-refractivity contribution is 6.05. The molecule has 40 heavy (non-hydrogen) atoms. The van der Waals surface area contributed by atoms with Gasteiger partial charge >= 0.3 is 5.97 Å². The van der Waals surface area contributed by atoms with Gasteiger partial charge in [0.1, 0.15) is 23.3 Å². The maximum Gasteiger partial charge on any atom is 0.313 e. The predicted octanol–water partition coefficient (Wildman–Crippen LogP) is 2.81. The van der Waals surface area contributed by atoms with Crippen LogP contribution in [-0.2, 0) is 23.9 Å². The molecule has 2 aromatic carbocycles. The summed E-state index contributed by atoms with van der Waals surface area (Å²) in [6, 6.07) is 14.2. The number of cyclic esters (lactones) is 1. The first kappa shape index (κ1) is 26.3. The quantitative estimate of drug-likeness (QED) is 0.456. The summed E-state index contributed by atoms with van der Waals surface area (Å²) in [5.41, 5.74) is -1.32. The van der Waals surface area contributed by atoms with Crippen molar-refractivity contribution in [3.8, 4) is 5.75 Å². The van der Waals surface area contributed by atoms with Gasteiger partial charge in [-0.05, 0) is 43.2 Å². The van der Waals surface area contributed by atoms with Crippen LogP contribution in [0.25, 0.3) is 0 Å². The van der Waals surface area contributed by atoms with E-state index in [0.29, 0.717) is 23.4 Å². The van der Waals surface area contributed by atoms with Gasteiger partial charge in [0.25, 0.3) is 5.91 Å². The maximum atomic E-state index is 14.6. The van der Waals surface area contributed by atoms with Gasteiger partial charge in [-0.15, -0.1) is 0 Å². The molecule has 208 valence electrons. The summed E-state index contributed by atoms with van der Waals surface area (Å²) in [4.78, 5) is 45.6. The molecule has 2 aromatic rings. The lowest BCUT2D eigenvalue weighted by Gasteiger charge is -2.40. The second-order valence-electron chi connectivity index (χ2n) is 10.8. The molecule has 2 fully saturated rings. The summed E-state index contributed by atoms with van der Waals surface area (Å²) in [5, 5.41) is 10.6. The normalized spacial score (nSPS) is 32.0. The van der Waals surface area contributed by atoms with Crippen LogP contribution in [0.15, 0.2) is 78.9 Å². The molecule has 2 amide bonds. The number of esters is 1. The Morgan fingerprint density at radius 2 is 1.75 bits per heavy atom. The average molecular weight is 545 g/mol. The number of ether oxygens (including phenoxy) is 3. The molecule has 1 N–H and O–H groups in total. The largest absolute Gasteiger partial charge is 0.497 e. The molecule has 4 heterocycles. The number of hydrogen-bond acceptors (Lipinski definition) is 7. The Bertz CT molecular complexity index is 1370. The van der Waals surface area contributed by atoms with E-state index in [1.807, 2.05) is 48.6 Å². The number of nitrogens with zero attached hydrogens (tertiary/aromatic N) is 2. The molecule has 9 heteroatoms. The lowest BCUT2D eigenvalue weighted by atomic mass is 9.74. The molecule has 0 aliphatic carbocycles. The van der Waals surface area contributed by atoms with Crippen molar-refractivity contribution in [2.24, 2.45) is 11.8 Å². The third kappa shape index (κ3) is 3.87. The summed E-state index contributed by atoms with van der Waals surface area (Å²) in [5.74, 6) is -2.66. The summed E-state index contributed by atoms with van der Waals surface area (Å²) in [7, 11) is 1.57. The number of aliphatic hydroxyl groups is 1. The number of fused-ring (bicyclic) bond motifs is 2.